The van der Waals surface area contributed by atoms with Crippen LogP contribution in [0.5, 0.6) is 0 Å². The first-order valence-corrected chi connectivity index (χ1v) is 6.85. The second-order valence-electron chi connectivity index (χ2n) is 4.84. The average Bonchev–Trinajstić information content (AvgIpc) is 2.93. The van der Waals surface area contributed by atoms with Crippen LogP contribution in [0.1, 0.15) is 18.9 Å². The molecule has 0 aliphatic rings. The third kappa shape index (κ3) is 4.23. The van der Waals surface area contributed by atoms with Gasteiger partial charge in [-0.15, -0.1) is 0 Å². The smallest absolute Gasteiger partial charge is 0.0620 e. The molecule has 1 atom stereocenters. The van der Waals surface area contributed by atoms with E-state index in [-0.39, 0.29) is 6.04 Å². The normalized spacial score (nSPS) is 12.5. The highest BCUT2D eigenvalue weighted by atomic mass is 16.5. The maximum Gasteiger partial charge on any atom is 0.0620 e. The molecule has 0 fully saturated rings. The Morgan fingerprint density at radius 2 is 2.16 bits per heavy atom. The lowest BCUT2D eigenvalue weighted by atomic mass is 10.0. The summed E-state index contributed by atoms with van der Waals surface area (Å²) in [5.74, 6) is 0. The molecule has 1 aromatic heterocycles. The van der Waals surface area contributed by atoms with E-state index in [4.69, 9.17) is 10.5 Å². The molecule has 3 N–H and O–H groups in total. The molecule has 0 saturated carbocycles. The fourth-order valence-electron chi connectivity index (χ4n) is 2.12. The standard InChI is InChI=1S/C16H22N2O/c1-2-8-19-12-16(17)10-13-4-3-5-14(9-13)15-6-7-18-11-15/h3-7,9,11,16,18H,2,8,10,12,17H2,1H3. The summed E-state index contributed by atoms with van der Waals surface area (Å²) in [5.41, 5.74) is 9.77. The van der Waals surface area contributed by atoms with Gasteiger partial charge in [0.25, 0.3) is 0 Å². The van der Waals surface area contributed by atoms with Gasteiger partial charge in [-0.3, -0.25) is 0 Å². The van der Waals surface area contributed by atoms with Crippen LogP contribution in [-0.2, 0) is 11.2 Å². The highest BCUT2D eigenvalue weighted by Crippen LogP contribution is 2.20. The molecule has 2 rings (SSSR count). The maximum absolute atomic E-state index is 6.08. The van der Waals surface area contributed by atoms with Gasteiger partial charge >= 0.3 is 0 Å². The molecule has 3 heteroatoms. The Morgan fingerprint density at radius 1 is 1.26 bits per heavy atom. The van der Waals surface area contributed by atoms with Crippen molar-refractivity contribution in [3.05, 3.63) is 48.3 Å². The number of H-pyrrole nitrogens is 1. The largest absolute Gasteiger partial charge is 0.380 e. The van der Waals surface area contributed by atoms with Crippen molar-refractivity contribution in [1.82, 2.24) is 4.98 Å². The first-order valence-electron chi connectivity index (χ1n) is 6.85. The molecule has 1 heterocycles. The van der Waals surface area contributed by atoms with Crippen LogP contribution in [0.15, 0.2) is 42.7 Å². The van der Waals surface area contributed by atoms with E-state index < -0.39 is 0 Å². The van der Waals surface area contributed by atoms with E-state index in [0.29, 0.717) is 6.61 Å². The van der Waals surface area contributed by atoms with E-state index in [1.54, 1.807) is 0 Å². The molecule has 1 unspecified atom stereocenters. The quantitative estimate of drug-likeness (QED) is 0.750. The van der Waals surface area contributed by atoms with E-state index in [9.17, 15) is 0 Å². The van der Waals surface area contributed by atoms with Gasteiger partial charge in [-0.25, -0.2) is 0 Å². The number of hydrogen-bond donors (Lipinski definition) is 2. The molecular formula is C16H22N2O. The van der Waals surface area contributed by atoms with Crippen molar-refractivity contribution < 1.29 is 4.74 Å². The molecule has 2 aromatic rings. The van der Waals surface area contributed by atoms with E-state index in [1.807, 2.05) is 12.4 Å². The lowest BCUT2D eigenvalue weighted by molar-refractivity contribution is 0.121. The third-order valence-electron chi connectivity index (χ3n) is 3.04. The predicted octanol–water partition coefficient (Wildman–Crippen LogP) is 2.98. The summed E-state index contributed by atoms with van der Waals surface area (Å²) in [6, 6.07) is 10.7. The molecule has 0 spiro atoms. The summed E-state index contributed by atoms with van der Waals surface area (Å²) >= 11 is 0. The fraction of sp³-hybridized carbons (Fsp3) is 0.375. The predicted molar refractivity (Wildman–Crippen MR) is 79.0 cm³/mol. The van der Waals surface area contributed by atoms with Crippen molar-refractivity contribution in [2.75, 3.05) is 13.2 Å². The molecule has 102 valence electrons. The minimum absolute atomic E-state index is 0.0630. The lowest BCUT2D eigenvalue weighted by Gasteiger charge is -2.12. The van der Waals surface area contributed by atoms with E-state index >= 15 is 0 Å². The van der Waals surface area contributed by atoms with Crippen LogP contribution in [-0.4, -0.2) is 24.2 Å². The van der Waals surface area contributed by atoms with Gasteiger partial charge in [-0.2, -0.15) is 0 Å². The van der Waals surface area contributed by atoms with Crippen molar-refractivity contribution in [2.24, 2.45) is 5.73 Å². The summed E-state index contributed by atoms with van der Waals surface area (Å²) in [7, 11) is 0. The van der Waals surface area contributed by atoms with Gasteiger partial charge in [0.15, 0.2) is 0 Å². The van der Waals surface area contributed by atoms with Crippen LogP contribution in [0.3, 0.4) is 0 Å². The Labute approximate surface area is 114 Å². The minimum Gasteiger partial charge on any atom is -0.380 e. The zero-order chi connectivity index (χ0) is 13.5. The highest BCUT2D eigenvalue weighted by molar-refractivity contribution is 5.63. The topological polar surface area (TPSA) is 51.0 Å². The Morgan fingerprint density at radius 3 is 2.89 bits per heavy atom. The van der Waals surface area contributed by atoms with Gasteiger partial charge in [0.2, 0.25) is 0 Å². The molecule has 0 aliphatic carbocycles. The average molecular weight is 258 g/mol. The number of ether oxygens (including phenoxy) is 1. The van der Waals surface area contributed by atoms with Gasteiger partial charge in [0.05, 0.1) is 6.61 Å². The van der Waals surface area contributed by atoms with E-state index in [0.717, 1.165) is 19.4 Å². The Kier molecular flexibility index (Phi) is 5.19. The molecule has 0 amide bonds. The molecule has 0 radical (unpaired) electrons. The van der Waals surface area contributed by atoms with Gasteiger partial charge < -0.3 is 15.5 Å². The Balaban J connectivity index is 1.95. The van der Waals surface area contributed by atoms with Crippen LogP contribution >= 0.6 is 0 Å². The van der Waals surface area contributed by atoms with Crippen LogP contribution < -0.4 is 5.73 Å². The van der Waals surface area contributed by atoms with Gasteiger partial charge in [0, 0.05) is 25.0 Å². The number of benzene rings is 1. The summed E-state index contributed by atoms with van der Waals surface area (Å²) in [4.78, 5) is 3.08. The summed E-state index contributed by atoms with van der Waals surface area (Å²) in [5, 5.41) is 0. The van der Waals surface area contributed by atoms with Crippen molar-refractivity contribution in [1.29, 1.82) is 0 Å². The first-order chi connectivity index (χ1) is 9.29. The van der Waals surface area contributed by atoms with Crippen molar-refractivity contribution in [3.8, 4) is 11.1 Å². The molecule has 0 bridgehead atoms. The Bertz CT molecular complexity index is 479. The third-order valence-corrected chi connectivity index (χ3v) is 3.04. The lowest BCUT2D eigenvalue weighted by Crippen LogP contribution is -2.28. The molecular weight excluding hydrogens is 236 g/mol. The molecule has 0 aliphatic heterocycles. The second-order valence-corrected chi connectivity index (χ2v) is 4.84. The zero-order valence-corrected chi connectivity index (χ0v) is 11.4. The molecule has 3 nitrogen and oxygen atoms in total. The highest BCUT2D eigenvalue weighted by Gasteiger charge is 2.06. The SMILES string of the molecule is CCCOCC(N)Cc1cccc(-c2cc[nH]c2)c1. The van der Waals surface area contributed by atoms with Crippen LogP contribution in [0, 0.1) is 0 Å². The van der Waals surface area contributed by atoms with Gasteiger partial charge in [0.1, 0.15) is 0 Å². The zero-order valence-electron chi connectivity index (χ0n) is 11.4. The van der Waals surface area contributed by atoms with E-state index in [2.05, 4.69) is 42.2 Å². The summed E-state index contributed by atoms with van der Waals surface area (Å²) in [6.07, 6.45) is 5.83. The number of aromatic amines is 1. The van der Waals surface area contributed by atoms with Crippen LogP contribution in [0.4, 0.5) is 0 Å². The Hall–Kier alpha value is -1.58. The molecule has 0 saturated heterocycles. The number of rotatable bonds is 7. The number of hydrogen-bond acceptors (Lipinski definition) is 2. The van der Waals surface area contributed by atoms with Gasteiger partial charge in [-0.1, -0.05) is 31.2 Å². The maximum atomic E-state index is 6.08. The van der Waals surface area contributed by atoms with E-state index in [1.165, 1.54) is 16.7 Å². The minimum atomic E-state index is 0.0630. The fourth-order valence-corrected chi connectivity index (χ4v) is 2.12. The van der Waals surface area contributed by atoms with Crippen molar-refractivity contribution in [2.45, 2.75) is 25.8 Å². The monoisotopic (exact) mass is 258 g/mol. The van der Waals surface area contributed by atoms with Crippen molar-refractivity contribution >= 4 is 0 Å². The molecule has 19 heavy (non-hydrogen) atoms. The number of nitrogens with one attached hydrogen (secondary N) is 1. The van der Waals surface area contributed by atoms with Crippen LogP contribution in [0.25, 0.3) is 11.1 Å². The first kappa shape index (κ1) is 13.8. The van der Waals surface area contributed by atoms with Crippen molar-refractivity contribution in [3.63, 3.8) is 0 Å². The number of aromatic nitrogens is 1. The molecule has 1 aromatic carbocycles. The summed E-state index contributed by atoms with van der Waals surface area (Å²) < 4.78 is 5.49. The second kappa shape index (κ2) is 7.12. The van der Waals surface area contributed by atoms with Crippen LogP contribution in [0.2, 0.25) is 0 Å². The van der Waals surface area contributed by atoms with Gasteiger partial charge in [-0.05, 0) is 35.6 Å². The summed E-state index contributed by atoms with van der Waals surface area (Å²) in [6.45, 7) is 3.52. The number of nitrogens with two attached hydrogens (primary N) is 1.